The molecule has 0 bridgehead atoms. The topological polar surface area (TPSA) is 98.0 Å². The van der Waals surface area contributed by atoms with E-state index in [4.69, 9.17) is 19.0 Å². The Bertz CT molecular complexity index is 810. The number of esters is 2. The second-order valence-corrected chi connectivity index (χ2v) is 5.88. The molecule has 0 radical (unpaired) electrons. The van der Waals surface area contributed by atoms with E-state index >= 15 is 0 Å². The van der Waals surface area contributed by atoms with E-state index in [1.54, 1.807) is 36.4 Å². The van der Waals surface area contributed by atoms with Crippen molar-refractivity contribution in [2.24, 2.45) is 0 Å². The molecule has 1 saturated heterocycles. The molecule has 2 aromatic rings. The molecule has 0 spiro atoms. The number of rotatable bonds is 4. The Morgan fingerprint density at radius 2 is 1.68 bits per heavy atom. The number of furan rings is 1. The molecule has 1 aliphatic heterocycles. The van der Waals surface area contributed by atoms with Gasteiger partial charge < -0.3 is 24.3 Å². The zero-order chi connectivity index (χ0) is 18.0. The summed E-state index contributed by atoms with van der Waals surface area (Å²) >= 11 is 0. The molecule has 0 atom stereocenters. The van der Waals surface area contributed by atoms with Crippen LogP contribution in [0.4, 0.5) is 5.69 Å². The lowest BCUT2D eigenvalue weighted by atomic mass is 10.1. The summed E-state index contributed by atoms with van der Waals surface area (Å²) < 4.78 is 15.5. The van der Waals surface area contributed by atoms with Crippen molar-refractivity contribution in [2.75, 3.05) is 5.32 Å². The van der Waals surface area contributed by atoms with Crippen LogP contribution in [0.2, 0.25) is 0 Å². The lowest BCUT2D eigenvalue weighted by molar-refractivity contribution is -0.222. The summed E-state index contributed by atoms with van der Waals surface area (Å²) in [5, 5.41) is 11.9. The lowest BCUT2D eigenvalue weighted by Gasteiger charge is -2.29. The van der Waals surface area contributed by atoms with Crippen LogP contribution in [0, 0.1) is 0 Å². The van der Waals surface area contributed by atoms with Crippen molar-refractivity contribution < 1.29 is 28.6 Å². The first-order valence-corrected chi connectivity index (χ1v) is 7.61. The van der Waals surface area contributed by atoms with E-state index in [9.17, 15) is 9.59 Å². The molecule has 7 heteroatoms. The van der Waals surface area contributed by atoms with E-state index in [-0.39, 0.29) is 12.2 Å². The van der Waals surface area contributed by atoms with Gasteiger partial charge in [-0.15, -0.1) is 0 Å². The quantitative estimate of drug-likeness (QED) is 0.500. The number of carbonyl (C=O) groups excluding carboxylic acids is 2. The van der Waals surface area contributed by atoms with Crippen LogP contribution in [0.3, 0.4) is 0 Å². The van der Waals surface area contributed by atoms with E-state index in [1.807, 2.05) is 0 Å². The highest BCUT2D eigenvalue weighted by Gasteiger charge is 2.38. The number of cyclic esters (lactones) is 2. The molecule has 3 rings (SSSR count). The molecular formula is C18H17NO6. The summed E-state index contributed by atoms with van der Waals surface area (Å²) in [5.41, 5.74) is 1.29. The van der Waals surface area contributed by atoms with Crippen molar-refractivity contribution in [3.63, 3.8) is 0 Å². The lowest BCUT2D eigenvalue weighted by Crippen LogP contribution is -2.42. The molecule has 1 fully saturated rings. The smallest absolute Gasteiger partial charge is 0.350 e. The van der Waals surface area contributed by atoms with Gasteiger partial charge in [0.05, 0.1) is 0 Å². The van der Waals surface area contributed by atoms with Crippen LogP contribution < -0.4 is 5.32 Å². The van der Waals surface area contributed by atoms with Crippen LogP contribution in [0.5, 0.6) is 0 Å². The van der Waals surface area contributed by atoms with E-state index < -0.39 is 17.7 Å². The Labute approximate surface area is 143 Å². The monoisotopic (exact) mass is 343 g/mol. The maximum atomic E-state index is 11.8. The summed E-state index contributed by atoms with van der Waals surface area (Å²) in [5.74, 6) is -1.62. The molecule has 25 heavy (non-hydrogen) atoms. The van der Waals surface area contributed by atoms with Crippen LogP contribution in [-0.2, 0) is 25.7 Å². The summed E-state index contributed by atoms with van der Waals surface area (Å²) in [6, 6.07) is 10.6. The summed E-state index contributed by atoms with van der Waals surface area (Å²) in [7, 11) is 0. The number of carbonyl (C=O) groups is 2. The van der Waals surface area contributed by atoms with Crippen LogP contribution in [-0.4, -0.2) is 22.8 Å². The molecule has 1 aliphatic rings. The third-order valence-electron chi connectivity index (χ3n) is 3.49. The van der Waals surface area contributed by atoms with Crippen molar-refractivity contribution in [2.45, 2.75) is 26.2 Å². The van der Waals surface area contributed by atoms with Crippen molar-refractivity contribution in [1.29, 1.82) is 0 Å². The number of hydrogen-bond acceptors (Lipinski definition) is 7. The Morgan fingerprint density at radius 3 is 2.24 bits per heavy atom. The minimum atomic E-state index is -1.26. The predicted octanol–water partition coefficient (Wildman–Crippen LogP) is 2.57. The summed E-state index contributed by atoms with van der Waals surface area (Å²) in [6.45, 7) is 2.82. The van der Waals surface area contributed by atoms with Gasteiger partial charge in [-0.2, -0.15) is 0 Å². The molecule has 130 valence electrons. The number of benzene rings is 1. The number of nitrogens with one attached hydrogen (secondary N) is 1. The predicted molar refractivity (Wildman–Crippen MR) is 88.0 cm³/mol. The highest BCUT2D eigenvalue weighted by molar-refractivity contribution is 6.15. The molecule has 2 heterocycles. The van der Waals surface area contributed by atoms with Crippen molar-refractivity contribution in [3.8, 4) is 11.3 Å². The average molecular weight is 343 g/mol. The largest absolute Gasteiger partial charge is 0.459 e. The SMILES string of the molecule is CC1(C)OC(=O)C(=CNc2ccc(-c3ccc(CO)o3)cc2)C(=O)O1. The number of aliphatic hydroxyl groups excluding tert-OH is 1. The number of ether oxygens (including phenoxy) is 2. The summed E-state index contributed by atoms with van der Waals surface area (Å²) in [4.78, 5) is 23.7. The second-order valence-electron chi connectivity index (χ2n) is 5.88. The third kappa shape index (κ3) is 3.72. The van der Waals surface area contributed by atoms with E-state index in [1.165, 1.54) is 20.0 Å². The molecule has 1 aromatic heterocycles. The van der Waals surface area contributed by atoms with E-state index in [0.29, 0.717) is 17.2 Å². The molecule has 0 aliphatic carbocycles. The minimum Gasteiger partial charge on any atom is -0.459 e. The molecule has 0 amide bonds. The van der Waals surface area contributed by atoms with Gasteiger partial charge in [-0.1, -0.05) is 0 Å². The zero-order valence-electron chi connectivity index (χ0n) is 13.7. The van der Waals surface area contributed by atoms with Crippen LogP contribution in [0.15, 0.2) is 52.6 Å². The molecular weight excluding hydrogens is 326 g/mol. The van der Waals surface area contributed by atoms with E-state index in [0.717, 1.165) is 5.56 Å². The number of anilines is 1. The molecule has 0 unspecified atom stereocenters. The molecule has 0 saturated carbocycles. The third-order valence-corrected chi connectivity index (χ3v) is 3.49. The molecule has 1 aromatic carbocycles. The normalized spacial score (nSPS) is 16.2. The highest BCUT2D eigenvalue weighted by atomic mass is 16.7. The first-order chi connectivity index (χ1) is 11.9. The number of aliphatic hydroxyl groups is 1. The zero-order valence-corrected chi connectivity index (χ0v) is 13.7. The van der Waals surface area contributed by atoms with Gasteiger partial charge in [0.2, 0.25) is 0 Å². The van der Waals surface area contributed by atoms with Gasteiger partial charge in [-0.25, -0.2) is 9.59 Å². The van der Waals surface area contributed by atoms with Gasteiger partial charge in [0.15, 0.2) is 5.57 Å². The van der Waals surface area contributed by atoms with Crippen molar-refractivity contribution >= 4 is 17.6 Å². The number of hydrogen-bond donors (Lipinski definition) is 2. The first-order valence-electron chi connectivity index (χ1n) is 7.61. The van der Waals surface area contributed by atoms with Gasteiger partial charge in [0, 0.05) is 31.3 Å². The Hall–Kier alpha value is -3.06. The van der Waals surface area contributed by atoms with E-state index in [2.05, 4.69) is 5.32 Å². The van der Waals surface area contributed by atoms with Crippen molar-refractivity contribution in [1.82, 2.24) is 0 Å². The van der Waals surface area contributed by atoms with Crippen molar-refractivity contribution in [3.05, 3.63) is 53.9 Å². The second kappa shape index (κ2) is 6.45. The summed E-state index contributed by atoms with van der Waals surface area (Å²) in [6.07, 6.45) is 1.26. The molecule has 2 N–H and O–H groups in total. The Kier molecular flexibility index (Phi) is 4.33. The van der Waals surface area contributed by atoms with Crippen LogP contribution in [0.25, 0.3) is 11.3 Å². The fourth-order valence-electron chi connectivity index (χ4n) is 2.28. The first kappa shape index (κ1) is 16.8. The minimum absolute atomic E-state index is 0.157. The highest BCUT2D eigenvalue weighted by Crippen LogP contribution is 2.25. The van der Waals surface area contributed by atoms with Gasteiger partial charge in [-0.05, 0) is 36.4 Å². The fraction of sp³-hybridized carbons (Fsp3) is 0.222. The van der Waals surface area contributed by atoms with Gasteiger partial charge in [0.1, 0.15) is 18.1 Å². The molecule has 7 nitrogen and oxygen atoms in total. The van der Waals surface area contributed by atoms with Gasteiger partial charge in [-0.3, -0.25) is 0 Å². The van der Waals surface area contributed by atoms with Crippen LogP contribution in [0.1, 0.15) is 19.6 Å². The fourth-order valence-corrected chi connectivity index (χ4v) is 2.28. The van der Waals surface area contributed by atoms with Gasteiger partial charge >= 0.3 is 11.9 Å². The maximum Gasteiger partial charge on any atom is 0.350 e. The van der Waals surface area contributed by atoms with Gasteiger partial charge in [0.25, 0.3) is 5.79 Å². The Morgan fingerprint density at radius 1 is 1.04 bits per heavy atom. The van der Waals surface area contributed by atoms with Crippen LogP contribution >= 0.6 is 0 Å². The Balaban J connectivity index is 1.71. The standard InChI is InChI=1S/C18H17NO6/c1-18(2)24-16(21)14(17(22)25-18)9-19-12-5-3-11(4-6-12)15-8-7-13(10-20)23-15/h3-9,19-20H,10H2,1-2H3. The average Bonchev–Trinajstić information content (AvgIpc) is 3.02. The maximum absolute atomic E-state index is 11.8.